The summed E-state index contributed by atoms with van der Waals surface area (Å²) < 4.78 is 0. The fraction of sp³-hybridized carbons (Fsp3) is 0.650. The molecule has 0 spiro atoms. The van der Waals surface area contributed by atoms with Crippen molar-refractivity contribution in [2.45, 2.75) is 71.1 Å². The van der Waals surface area contributed by atoms with Crippen molar-refractivity contribution >= 4 is 5.91 Å². The third kappa shape index (κ3) is 15.1. The van der Waals surface area contributed by atoms with E-state index < -0.39 is 0 Å². The Balaban J connectivity index is 3.30. The summed E-state index contributed by atoms with van der Waals surface area (Å²) in [5.41, 5.74) is 0. The minimum absolute atomic E-state index is 0.251. The Labute approximate surface area is 138 Å². The molecule has 0 fully saturated rings. The molecule has 0 aliphatic heterocycles. The molecule has 126 valence electrons. The lowest BCUT2D eigenvalue weighted by molar-refractivity contribution is -0.128. The smallest absolute Gasteiger partial charge is 0.222 e. The molecule has 0 bridgehead atoms. The lowest BCUT2D eigenvalue weighted by atomic mass is 10.1. The Bertz CT molecular complexity index is 340. The molecule has 2 nitrogen and oxygen atoms in total. The molecule has 22 heavy (non-hydrogen) atoms. The van der Waals surface area contributed by atoms with Gasteiger partial charge in [0.25, 0.3) is 0 Å². The van der Waals surface area contributed by atoms with Crippen molar-refractivity contribution < 1.29 is 4.79 Å². The lowest BCUT2D eigenvalue weighted by Crippen LogP contribution is -2.20. The van der Waals surface area contributed by atoms with Crippen LogP contribution in [0.4, 0.5) is 0 Å². The van der Waals surface area contributed by atoms with E-state index in [1.54, 1.807) is 4.90 Å². The molecule has 0 radical (unpaired) electrons. The van der Waals surface area contributed by atoms with Crippen molar-refractivity contribution in [2.75, 3.05) is 14.1 Å². The number of rotatable bonds is 13. The monoisotopic (exact) mass is 305 g/mol. The summed E-state index contributed by atoms with van der Waals surface area (Å²) in [6, 6.07) is 0. The molecule has 0 aliphatic carbocycles. The van der Waals surface area contributed by atoms with Gasteiger partial charge in [-0.25, -0.2) is 0 Å². The van der Waals surface area contributed by atoms with Gasteiger partial charge in [-0.3, -0.25) is 4.79 Å². The van der Waals surface area contributed by atoms with Gasteiger partial charge in [0.05, 0.1) is 0 Å². The van der Waals surface area contributed by atoms with Crippen molar-refractivity contribution in [2.24, 2.45) is 0 Å². The van der Waals surface area contributed by atoms with Crippen LogP contribution < -0.4 is 0 Å². The Hall–Kier alpha value is -1.31. The van der Waals surface area contributed by atoms with Gasteiger partial charge in [-0.15, -0.1) is 0 Å². The topological polar surface area (TPSA) is 20.3 Å². The summed E-state index contributed by atoms with van der Waals surface area (Å²) in [6.45, 7) is 2.16. The zero-order chi connectivity index (χ0) is 16.5. The molecule has 0 N–H and O–H groups in total. The van der Waals surface area contributed by atoms with Crippen LogP contribution in [0.5, 0.6) is 0 Å². The first-order chi connectivity index (χ1) is 10.7. The number of amides is 1. The number of carbonyl (C=O) groups excluding carboxylic acids is 1. The maximum absolute atomic E-state index is 11.4. The predicted molar refractivity (Wildman–Crippen MR) is 98.0 cm³/mol. The first-order valence-corrected chi connectivity index (χ1v) is 8.83. The molecule has 0 atom stereocenters. The second-order valence-corrected chi connectivity index (χ2v) is 5.89. The molecule has 0 aliphatic rings. The summed E-state index contributed by atoms with van der Waals surface area (Å²) in [5, 5.41) is 0. The molecule has 0 saturated carbocycles. The molecule has 0 unspecified atom stereocenters. The Kier molecular flexibility index (Phi) is 15.1. The van der Waals surface area contributed by atoms with Gasteiger partial charge in [-0.1, -0.05) is 62.6 Å². The van der Waals surface area contributed by atoms with Crippen LogP contribution in [0, 0.1) is 0 Å². The molecule has 2 heteroatoms. The van der Waals surface area contributed by atoms with Gasteiger partial charge in [0.1, 0.15) is 0 Å². The Morgan fingerprint density at radius 1 is 0.773 bits per heavy atom. The minimum atomic E-state index is 0.251. The standard InChI is InChI=1S/C20H35NO/c1-4-5-6-7-8-9-10-11-12-13-14-15-16-17-18-19-20(22)21(2)3/h5-6,8-9,11-12H,4,7,10,13-19H2,1-3H3. The minimum Gasteiger partial charge on any atom is -0.349 e. The Morgan fingerprint density at radius 3 is 1.95 bits per heavy atom. The average molecular weight is 306 g/mol. The highest BCUT2D eigenvalue weighted by Crippen LogP contribution is 2.08. The van der Waals surface area contributed by atoms with Gasteiger partial charge in [-0.05, 0) is 38.5 Å². The van der Waals surface area contributed by atoms with Gasteiger partial charge >= 0.3 is 0 Å². The van der Waals surface area contributed by atoms with Crippen molar-refractivity contribution in [3.8, 4) is 0 Å². The number of carbonyl (C=O) groups is 1. The van der Waals surface area contributed by atoms with Gasteiger partial charge in [0.2, 0.25) is 5.91 Å². The van der Waals surface area contributed by atoms with E-state index in [-0.39, 0.29) is 5.91 Å². The quantitative estimate of drug-likeness (QED) is 0.317. The van der Waals surface area contributed by atoms with Crippen LogP contribution in [-0.4, -0.2) is 24.9 Å². The van der Waals surface area contributed by atoms with Gasteiger partial charge in [0.15, 0.2) is 0 Å². The number of allylic oxidation sites excluding steroid dienone is 6. The SMILES string of the molecule is CCC=CCC=CCC=CCCCCCCCC(=O)N(C)C. The zero-order valence-electron chi connectivity index (χ0n) is 14.9. The molecule has 0 saturated heterocycles. The van der Waals surface area contributed by atoms with Gasteiger partial charge in [0, 0.05) is 20.5 Å². The van der Waals surface area contributed by atoms with Crippen molar-refractivity contribution in [3.05, 3.63) is 36.5 Å². The van der Waals surface area contributed by atoms with Crippen LogP contribution in [-0.2, 0) is 4.79 Å². The first-order valence-electron chi connectivity index (χ1n) is 8.83. The van der Waals surface area contributed by atoms with E-state index in [1.807, 2.05) is 14.1 Å². The van der Waals surface area contributed by atoms with E-state index >= 15 is 0 Å². The fourth-order valence-corrected chi connectivity index (χ4v) is 2.12. The molecule has 0 heterocycles. The average Bonchev–Trinajstić information content (AvgIpc) is 2.50. The number of unbranched alkanes of at least 4 members (excludes halogenated alkanes) is 5. The zero-order valence-corrected chi connectivity index (χ0v) is 14.9. The second kappa shape index (κ2) is 16.1. The van der Waals surface area contributed by atoms with E-state index in [1.165, 1.54) is 32.1 Å². The molecule has 0 rings (SSSR count). The second-order valence-electron chi connectivity index (χ2n) is 5.89. The lowest BCUT2D eigenvalue weighted by Gasteiger charge is -2.09. The first kappa shape index (κ1) is 20.7. The molecule has 0 aromatic carbocycles. The third-order valence-corrected chi connectivity index (χ3v) is 3.54. The van der Waals surface area contributed by atoms with E-state index in [2.05, 4.69) is 43.4 Å². The summed E-state index contributed by atoms with van der Waals surface area (Å²) in [6.07, 6.45) is 24.5. The van der Waals surface area contributed by atoms with Crippen LogP contribution in [0.15, 0.2) is 36.5 Å². The molecular weight excluding hydrogens is 270 g/mol. The highest BCUT2D eigenvalue weighted by Gasteiger charge is 2.02. The van der Waals surface area contributed by atoms with E-state index in [0.717, 1.165) is 25.7 Å². The maximum Gasteiger partial charge on any atom is 0.222 e. The summed E-state index contributed by atoms with van der Waals surface area (Å²) in [5.74, 6) is 0.251. The third-order valence-electron chi connectivity index (χ3n) is 3.54. The molecule has 0 aromatic heterocycles. The van der Waals surface area contributed by atoms with Crippen LogP contribution in [0.1, 0.15) is 71.1 Å². The van der Waals surface area contributed by atoms with Crippen LogP contribution in [0.3, 0.4) is 0 Å². The summed E-state index contributed by atoms with van der Waals surface area (Å²) in [7, 11) is 3.65. The molecule has 1 amide bonds. The highest BCUT2D eigenvalue weighted by atomic mass is 16.2. The molecular formula is C20H35NO. The van der Waals surface area contributed by atoms with E-state index in [4.69, 9.17) is 0 Å². The normalized spacial score (nSPS) is 12.0. The highest BCUT2D eigenvalue weighted by molar-refractivity contribution is 5.75. The summed E-state index contributed by atoms with van der Waals surface area (Å²) >= 11 is 0. The van der Waals surface area contributed by atoms with Crippen LogP contribution in [0.25, 0.3) is 0 Å². The predicted octanol–water partition coefficient (Wildman–Crippen LogP) is 5.66. The van der Waals surface area contributed by atoms with Crippen molar-refractivity contribution in [1.82, 2.24) is 4.90 Å². The summed E-state index contributed by atoms with van der Waals surface area (Å²) in [4.78, 5) is 13.1. The van der Waals surface area contributed by atoms with E-state index in [9.17, 15) is 4.79 Å². The van der Waals surface area contributed by atoms with Crippen molar-refractivity contribution in [3.63, 3.8) is 0 Å². The van der Waals surface area contributed by atoms with Gasteiger partial charge in [-0.2, -0.15) is 0 Å². The Morgan fingerprint density at radius 2 is 1.32 bits per heavy atom. The fourth-order valence-electron chi connectivity index (χ4n) is 2.12. The van der Waals surface area contributed by atoms with Crippen LogP contribution >= 0.6 is 0 Å². The largest absolute Gasteiger partial charge is 0.349 e. The van der Waals surface area contributed by atoms with Crippen LogP contribution in [0.2, 0.25) is 0 Å². The molecule has 0 aromatic rings. The maximum atomic E-state index is 11.4. The number of nitrogens with zero attached hydrogens (tertiary/aromatic N) is 1. The van der Waals surface area contributed by atoms with Crippen molar-refractivity contribution in [1.29, 1.82) is 0 Å². The van der Waals surface area contributed by atoms with Gasteiger partial charge < -0.3 is 4.90 Å². The number of hydrogen-bond acceptors (Lipinski definition) is 1. The number of hydrogen-bond donors (Lipinski definition) is 0. The van der Waals surface area contributed by atoms with E-state index in [0.29, 0.717) is 6.42 Å².